The van der Waals surface area contributed by atoms with E-state index < -0.39 is 9.84 Å². The van der Waals surface area contributed by atoms with Crippen LogP contribution in [0, 0.1) is 0 Å². The lowest BCUT2D eigenvalue weighted by Crippen LogP contribution is -2.27. The van der Waals surface area contributed by atoms with Crippen molar-refractivity contribution in [2.45, 2.75) is 37.0 Å². The molecule has 0 bridgehead atoms. The van der Waals surface area contributed by atoms with Gasteiger partial charge >= 0.3 is 0 Å². The Morgan fingerprint density at radius 3 is 2.68 bits per heavy atom. The van der Waals surface area contributed by atoms with Crippen molar-refractivity contribution in [3.8, 4) is 0 Å². The van der Waals surface area contributed by atoms with Crippen LogP contribution >= 0.6 is 12.4 Å². The van der Waals surface area contributed by atoms with Gasteiger partial charge in [-0.2, -0.15) is 0 Å². The average Bonchev–Trinajstić information content (AvgIpc) is 2.93. The minimum absolute atomic E-state index is 0. The number of benzene rings is 1. The molecule has 1 aromatic carbocycles. The van der Waals surface area contributed by atoms with E-state index in [1.165, 1.54) is 5.56 Å². The van der Waals surface area contributed by atoms with Crippen molar-refractivity contribution in [3.05, 3.63) is 29.3 Å². The van der Waals surface area contributed by atoms with Gasteiger partial charge in [-0.1, -0.05) is 6.07 Å². The minimum Gasteiger partial charge on any atom is -0.356 e. The van der Waals surface area contributed by atoms with Crippen LogP contribution in [0.1, 0.15) is 30.4 Å². The number of carbonyl (C=O) groups is 1. The summed E-state index contributed by atoms with van der Waals surface area (Å²) >= 11 is 0. The van der Waals surface area contributed by atoms with Crippen molar-refractivity contribution in [1.29, 1.82) is 0 Å². The van der Waals surface area contributed by atoms with Gasteiger partial charge in [0.2, 0.25) is 5.91 Å². The van der Waals surface area contributed by atoms with Crippen LogP contribution in [0.15, 0.2) is 23.1 Å². The Balaban J connectivity index is 0.00000242. The summed E-state index contributed by atoms with van der Waals surface area (Å²) in [6.45, 7) is 1.00. The van der Waals surface area contributed by atoms with Gasteiger partial charge in [-0.3, -0.25) is 4.79 Å². The Morgan fingerprint density at radius 1 is 1.23 bits per heavy atom. The van der Waals surface area contributed by atoms with Crippen LogP contribution in [0.3, 0.4) is 0 Å². The quantitative estimate of drug-likeness (QED) is 0.726. The summed E-state index contributed by atoms with van der Waals surface area (Å²) in [7, 11) is -3.39. The fraction of sp³-hybridized carbons (Fsp3) is 0.533. The van der Waals surface area contributed by atoms with Crippen LogP contribution in [0.4, 0.5) is 0 Å². The predicted molar refractivity (Wildman–Crippen MR) is 89.1 cm³/mol. The maximum Gasteiger partial charge on any atom is 0.221 e. The standard InChI is InChI=1S/C15H22N2O3S.ClH/c16-8-2-9-17-15(18)7-10-21(19,20)14-6-5-12-3-1-4-13(12)11-14;/h5-6,11H,1-4,7-10,16H2,(H,17,18);1H. The Labute approximate surface area is 138 Å². The lowest BCUT2D eigenvalue weighted by atomic mass is 10.1. The van der Waals surface area contributed by atoms with Crippen LogP contribution in [0.2, 0.25) is 0 Å². The molecule has 2 rings (SSSR count). The van der Waals surface area contributed by atoms with E-state index in [1.807, 2.05) is 6.07 Å². The van der Waals surface area contributed by atoms with Gasteiger partial charge in [0, 0.05) is 13.0 Å². The summed E-state index contributed by atoms with van der Waals surface area (Å²) in [5.74, 6) is -0.395. The molecule has 1 amide bonds. The topological polar surface area (TPSA) is 89.3 Å². The molecule has 0 radical (unpaired) electrons. The molecule has 0 atom stereocenters. The van der Waals surface area contributed by atoms with Crippen LogP contribution < -0.4 is 11.1 Å². The van der Waals surface area contributed by atoms with E-state index in [0.717, 1.165) is 24.8 Å². The monoisotopic (exact) mass is 346 g/mol. The molecule has 22 heavy (non-hydrogen) atoms. The summed E-state index contributed by atoms with van der Waals surface area (Å²) in [6, 6.07) is 5.33. The van der Waals surface area contributed by atoms with Gasteiger partial charge in [-0.15, -0.1) is 12.4 Å². The number of nitrogens with one attached hydrogen (secondary N) is 1. The number of sulfone groups is 1. The predicted octanol–water partition coefficient (Wildman–Crippen LogP) is 1.23. The molecule has 1 aromatic rings. The summed E-state index contributed by atoms with van der Waals surface area (Å²) < 4.78 is 24.5. The maximum atomic E-state index is 12.3. The highest BCUT2D eigenvalue weighted by atomic mass is 35.5. The lowest BCUT2D eigenvalue weighted by molar-refractivity contribution is -0.120. The second-order valence-corrected chi connectivity index (χ2v) is 7.45. The number of halogens is 1. The first kappa shape index (κ1) is 18.9. The van der Waals surface area contributed by atoms with Crippen molar-refractivity contribution >= 4 is 28.2 Å². The summed E-state index contributed by atoms with van der Waals surface area (Å²) in [4.78, 5) is 11.9. The highest BCUT2D eigenvalue weighted by Gasteiger charge is 2.19. The number of rotatable bonds is 7. The third-order valence-corrected chi connectivity index (χ3v) is 5.44. The first-order valence-electron chi connectivity index (χ1n) is 7.34. The molecule has 3 N–H and O–H groups in total. The second-order valence-electron chi connectivity index (χ2n) is 5.35. The molecule has 0 aliphatic heterocycles. The first-order chi connectivity index (χ1) is 10.0. The van der Waals surface area contributed by atoms with E-state index in [0.29, 0.717) is 24.4 Å². The van der Waals surface area contributed by atoms with Gasteiger partial charge in [0.25, 0.3) is 0 Å². The van der Waals surface area contributed by atoms with E-state index in [4.69, 9.17) is 5.73 Å². The molecule has 0 saturated carbocycles. The van der Waals surface area contributed by atoms with Gasteiger partial charge in [0.15, 0.2) is 9.84 Å². The zero-order valence-corrected chi connectivity index (χ0v) is 14.1. The van der Waals surface area contributed by atoms with Gasteiger partial charge < -0.3 is 11.1 Å². The molecule has 0 fully saturated rings. The van der Waals surface area contributed by atoms with Crippen LogP contribution in [0.25, 0.3) is 0 Å². The first-order valence-corrected chi connectivity index (χ1v) is 8.99. The summed E-state index contributed by atoms with van der Waals surface area (Å²) in [5.41, 5.74) is 7.70. The number of hydrogen-bond donors (Lipinski definition) is 2. The molecule has 1 aliphatic rings. The number of carbonyl (C=O) groups excluding carboxylic acids is 1. The largest absolute Gasteiger partial charge is 0.356 e. The fourth-order valence-corrected chi connectivity index (χ4v) is 3.79. The van der Waals surface area contributed by atoms with Crippen molar-refractivity contribution in [2.75, 3.05) is 18.8 Å². The van der Waals surface area contributed by atoms with Crippen molar-refractivity contribution in [3.63, 3.8) is 0 Å². The second kappa shape index (κ2) is 8.50. The fourth-order valence-electron chi connectivity index (χ4n) is 2.50. The molecule has 1 aliphatic carbocycles. The Hall–Kier alpha value is -1.11. The molecular formula is C15H23ClN2O3S. The van der Waals surface area contributed by atoms with Crippen molar-refractivity contribution < 1.29 is 13.2 Å². The number of amides is 1. The summed E-state index contributed by atoms with van der Waals surface area (Å²) in [5, 5.41) is 2.67. The van der Waals surface area contributed by atoms with Gasteiger partial charge in [-0.05, 0) is 55.5 Å². The molecule has 0 heterocycles. The highest BCUT2D eigenvalue weighted by molar-refractivity contribution is 7.91. The third-order valence-electron chi connectivity index (χ3n) is 3.73. The molecule has 7 heteroatoms. The minimum atomic E-state index is -3.39. The van der Waals surface area contributed by atoms with E-state index >= 15 is 0 Å². The van der Waals surface area contributed by atoms with Crippen LogP contribution in [-0.2, 0) is 27.5 Å². The van der Waals surface area contributed by atoms with Gasteiger partial charge in [0.05, 0.1) is 10.6 Å². The third kappa shape index (κ3) is 4.97. The maximum absolute atomic E-state index is 12.3. The Morgan fingerprint density at radius 2 is 1.95 bits per heavy atom. The van der Waals surface area contributed by atoms with E-state index in [2.05, 4.69) is 5.32 Å². The van der Waals surface area contributed by atoms with E-state index in [1.54, 1.807) is 12.1 Å². The van der Waals surface area contributed by atoms with E-state index in [9.17, 15) is 13.2 Å². The summed E-state index contributed by atoms with van der Waals surface area (Å²) in [6.07, 6.45) is 3.74. The molecule has 5 nitrogen and oxygen atoms in total. The molecule has 0 saturated heterocycles. The van der Waals surface area contributed by atoms with Gasteiger partial charge in [0.1, 0.15) is 0 Å². The molecular weight excluding hydrogens is 324 g/mol. The molecule has 0 spiro atoms. The van der Waals surface area contributed by atoms with Crippen molar-refractivity contribution in [2.24, 2.45) is 5.73 Å². The van der Waals surface area contributed by atoms with Gasteiger partial charge in [-0.25, -0.2) is 8.42 Å². The van der Waals surface area contributed by atoms with Crippen molar-refractivity contribution in [1.82, 2.24) is 5.32 Å². The average molecular weight is 347 g/mol. The van der Waals surface area contributed by atoms with Crippen LogP contribution in [-0.4, -0.2) is 33.2 Å². The smallest absolute Gasteiger partial charge is 0.221 e. The molecule has 0 aromatic heterocycles. The highest BCUT2D eigenvalue weighted by Crippen LogP contribution is 2.25. The Bertz CT molecular complexity index is 617. The SMILES string of the molecule is Cl.NCCCNC(=O)CCS(=O)(=O)c1ccc2c(c1)CCC2. The van der Waals surface area contributed by atoms with Crippen LogP contribution in [0.5, 0.6) is 0 Å². The zero-order chi connectivity index (χ0) is 15.3. The number of nitrogens with two attached hydrogens (primary N) is 1. The number of hydrogen-bond acceptors (Lipinski definition) is 4. The normalized spacial score (nSPS) is 13.3. The molecule has 124 valence electrons. The number of fused-ring (bicyclic) bond motifs is 1. The molecule has 0 unspecified atom stereocenters. The Kier molecular flexibility index (Phi) is 7.32. The lowest BCUT2D eigenvalue weighted by Gasteiger charge is -2.07. The van der Waals surface area contributed by atoms with E-state index in [-0.39, 0.29) is 30.5 Å². The number of aryl methyl sites for hydroxylation is 2. The zero-order valence-electron chi connectivity index (χ0n) is 12.5.